The molecule has 2 saturated heterocycles. The maximum absolute atomic E-state index is 12.4. The average molecular weight is 350 g/mol. The highest BCUT2D eigenvalue weighted by Crippen LogP contribution is 2.39. The smallest absolute Gasteiger partial charge is 0.226 e. The van der Waals surface area contributed by atoms with E-state index in [9.17, 15) is 4.79 Å². The predicted octanol–water partition coefficient (Wildman–Crippen LogP) is 3.30. The van der Waals surface area contributed by atoms with Crippen molar-refractivity contribution in [3.63, 3.8) is 0 Å². The molecule has 1 aromatic heterocycles. The van der Waals surface area contributed by atoms with Gasteiger partial charge in [-0.2, -0.15) is 5.10 Å². The Morgan fingerprint density at radius 3 is 2.50 bits per heavy atom. The van der Waals surface area contributed by atoms with Crippen LogP contribution >= 0.6 is 0 Å². The van der Waals surface area contributed by atoms with Gasteiger partial charge in [0.2, 0.25) is 5.91 Å². The van der Waals surface area contributed by atoms with Crippen LogP contribution in [0.2, 0.25) is 0 Å². The van der Waals surface area contributed by atoms with Crippen LogP contribution in [0.3, 0.4) is 0 Å². The van der Waals surface area contributed by atoms with Crippen molar-refractivity contribution in [3.8, 4) is 11.1 Å². The van der Waals surface area contributed by atoms with E-state index >= 15 is 0 Å². The normalized spacial score (nSPS) is 26.1. The molecule has 5 heteroatoms. The number of benzene rings is 1. The molecule has 2 atom stereocenters. The summed E-state index contributed by atoms with van der Waals surface area (Å²) in [6, 6.07) is 9.33. The van der Waals surface area contributed by atoms with Gasteiger partial charge in [-0.1, -0.05) is 12.1 Å². The molecule has 136 valence electrons. The summed E-state index contributed by atoms with van der Waals surface area (Å²) in [4.78, 5) is 17.1. The molecular formula is C21H26N4O. The molecule has 3 heterocycles. The molecule has 2 aliphatic heterocycles. The van der Waals surface area contributed by atoms with Gasteiger partial charge in [0.1, 0.15) is 0 Å². The largest absolute Gasteiger partial charge is 0.372 e. The molecule has 5 nitrogen and oxygen atoms in total. The zero-order chi connectivity index (χ0) is 17.5. The molecule has 0 radical (unpaired) electrons. The van der Waals surface area contributed by atoms with Gasteiger partial charge in [0, 0.05) is 49.0 Å². The summed E-state index contributed by atoms with van der Waals surface area (Å²) in [7, 11) is 0. The third-order valence-corrected chi connectivity index (χ3v) is 6.61. The summed E-state index contributed by atoms with van der Waals surface area (Å²) in [5.41, 5.74) is 3.62. The topological polar surface area (TPSA) is 52.2 Å². The number of aromatic nitrogens is 2. The number of rotatable bonds is 4. The van der Waals surface area contributed by atoms with Gasteiger partial charge in [0.15, 0.2) is 0 Å². The van der Waals surface area contributed by atoms with Gasteiger partial charge < -0.3 is 9.80 Å². The standard InChI is InChI=1S/C21H26N4O/c26-21-17-3-6-20(11-17)25(21)14-15-7-9-24(10-8-15)19-4-1-16(2-5-19)18-12-22-23-13-18/h1-2,4-5,12-13,15,17,20H,3,6-11,14H2,(H,22,23). The van der Waals surface area contributed by atoms with Crippen molar-refractivity contribution in [2.24, 2.45) is 11.8 Å². The lowest BCUT2D eigenvalue weighted by Crippen LogP contribution is -2.43. The lowest BCUT2D eigenvalue weighted by atomic mass is 9.94. The fourth-order valence-corrected chi connectivity index (χ4v) is 5.04. The Labute approximate surface area is 154 Å². The zero-order valence-corrected chi connectivity index (χ0v) is 15.1. The van der Waals surface area contributed by atoms with Gasteiger partial charge >= 0.3 is 0 Å². The number of H-pyrrole nitrogens is 1. The van der Waals surface area contributed by atoms with E-state index < -0.39 is 0 Å². The van der Waals surface area contributed by atoms with E-state index in [0.717, 1.165) is 38.0 Å². The van der Waals surface area contributed by atoms with Gasteiger partial charge in [0.05, 0.1) is 6.20 Å². The van der Waals surface area contributed by atoms with Crippen LogP contribution in [0.15, 0.2) is 36.7 Å². The van der Waals surface area contributed by atoms with Gasteiger partial charge in [-0.15, -0.1) is 0 Å². The van der Waals surface area contributed by atoms with Gasteiger partial charge in [0.25, 0.3) is 0 Å². The van der Waals surface area contributed by atoms with Gasteiger partial charge in [-0.3, -0.25) is 9.89 Å². The minimum absolute atomic E-state index is 0.355. The van der Waals surface area contributed by atoms with Crippen LogP contribution in [-0.4, -0.2) is 46.7 Å². The lowest BCUT2D eigenvalue weighted by Gasteiger charge is -2.37. The molecule has 2 aromatic rings. The van der Waals surface area contributed by atoms with Crippen molar-refractivity contribution in [3.05, 3.63) is 36.7 Å². The van der Waals surface area contributed by atoms with E-state index in [1.807, 2.05) is 12.4 Å². The van der Waals surface area contributed by atoms with Crippen LogP contribution in [0.4, 0.5) is 5.69 Å². The highest BCUT2D eigenvalue weighted by molar-refractivity contribution is 5.82. The molecule has 1 N–H and O–H groups in total. The van der Waals surface area contributed by atoms with Crippen molar-refractivity contribution >= 4 is 11.6 Å². The Hall–Kier alpha value is -2.30. The Morgan fingerprint density at radius 2 is 1.85 bits per heavy atom. The molecule has 2 unspecified atom stereocenters. The quantitative estimate of drug-likeness (QED) is 0.920. The number of anilines is 1. The van der Waals surface area contributed by atoms with E-state index in [2.05, 4.69) is 44.3 Å². The maximum atomic E-state index is 12.4. The predicted molar refractivity (Wildman–Crippen MR) is 102 cm³/mol. The number of aromatic amines is 1. The fourth-order valence-electron chi connectivity index (χ4n) is 5.04. The number of piperidine rings is 2. The highest BCUT2D eigenvalue weighted by Gasteiger charge is 2.45. The van der Waals surface area contributed by atoms with Gasteiger partial charge in [-0.25, -0.2) is 0 Å². The summed E-state index contributed by atoms with van der Waals surface area (Å²) in [5.74, 6) is 1.46. The fraction of sp³-hybridized carbons (Fsp3) is 0.524. The van der Waals surface area contributed by atoms with Crippen LogP contribution < -0.4 is 4.90 Å². The molecule has 3 fully saturated rings. The number of likely N-dealkylation sites (tertiary alicyclic amines) is 1. The van der Waals surface area contributed by atoms with Crippen LogP contribution in [0.5, 0.6) is 0 Å². The first-order valence-electron chi connectivity index (χ1n) is 9.92. The van der Waals surface area contributed by atoms with Crippen molar-refractivity contribution in [2.45, 2.75) is 38.1 Å². The molecule has 0 spiro atoms. The maximum Gasteiger partial charge on any atom is 0.226 e. The number of hydrogen-bond acceptors (Lipinski definition) is 3. The number of carbonyl (C=O) groups is 1. The Kier molecular flexibility index (Phi) is 3.95. The number of nitrogens with one attached hydrogen (secondary N) is 1. The summed E-state index contributed by atoms with van der Waals surface area (Å²) >= 11 is 0. The Morgan fingerprint density at radius 1 is 1.04 bits per heavy atom. The van der Waals surface area contributed by atoms with Crippen LogP contribution in [0.25, 0.3) is 11.1 Å². The first-order valence-corrected chi connectivity index (χ1v) is 9.92. The van der Waals surface area contributed by atoms with E-state index in [1.54, 1.807) is 0 Å². The van der Waals surface area contributed by atoms with E-state index in [1.165, 1.54) is 30.5 Å². The number of nitrogens with zero attached hydrogens (tertiary/aromatic N) is 3. The Balaban J connectivity index is 1.18. The first-order chi connectivity index (χ1) is 12.8. The summed E-state index contributed by atoms with van der Waals surface area (Å²) in [6.45, 7) is 3.17. The lowest BCUT2D eigenvalue weighted by molar-refractivity contribution is -0.134. The average Bonchev–Trinajstić information content (AvgIpc) is 3.42. The third-order valence-electron chi connectivity index (χ3n) is 6.61. The summed E-state index contributed by atoms with van der Waals surface area (Å²) in [6.07, 6.45) is 9.64. The molecule has 26 heavy (non-hydrogen) atoms. The highest BCUT2D eigenvalue weighted by atomic mass is 16.2. The van der Waals surface area contributed by atoms with Crippen molar-refractivity contribution in [1.29, 1.82) is 0 Å². The molecular weight excluding hydrogens is 324 g/mol. The van der Waals surface area contributed by atoms with Crippen LogP contribution in [-0.2, 0) is 4.79 Å². The van der Waals surface area contributed by atoms with E-state index in [-0.39, 0.29) is 0 Å². The third kappa shape index (κ3) is 2.79. The second kappa shape index (κ2) is 6.45. The number of hydrogen-bond donors (Lipinski definition) is 1. The number of carbonyl (C=O) groups excluding carboxylic acids is 1. The van der Waals surface area contributed by atoms with E-state index in [4.69, 9.17) is 0 Å². The molecule has 1 aromatic carbocycles. The number of amides is 1. The monoisotopic (exact) mass is 350 g/mol. The molecule has 5 rings (SSSR count). The molecule has 1 aliphatic carbocycles. The SMILES string of the molecule is O=C1C2CCC(C2)N1CC1CCN(c2ccc(-c3cn[nH]c3)cc2)CC1. The summed E-state index contributed by atoms with van der Waals surface area (Å²) < 4.78 is 0. The zero-order valence-electron chi connectivity index (χ0n) is 15.1. The van der Waals surface area contributed by atoms with Crippen molar-refractivity contribution < 1.29 is 4.79 Å². The molecule has 1 saturated carbocycles. The van der Waals surface area contributed by atoms with Gasteiger partial charge in [-0.05, 0) is 55.7 Å². The summed E-state index contributed by atoms with van der Waals surface area (Å²) in [5, 5.41) is 6.88. The second-order valence-corrected chi connectivity index (χ2v) is 8.12. The number of fused-ring (bicyclic) bond motifs is 2. The second-order valence-electron chi connectivity index (χ2n) is 8.12. The van der Waals surface area contributed by atoms with Crippen LogP contribution in [0, 0.1) is 11.8 Å². The molecule has 1 amide bonds. The van der Waals surface area contributed by atoms with Crippen molar-refractivity contribution in [2.75, 3.05) is 24.5 Å². The minimum atomic E-state index is 0.355. The molecule has 2 bridgehead atoms. The van der Waals surface area contributed by atoms with E-state index in [0.29, 0.717) is 23.8 Å². The van der Waals surface area contributed by atoms with Crippen molar-refractivity contribution in [1.82, 2.24) is 15.1 Å². The first kappa shape index (κ1) is 15.9. The Bertz CT molecular complexity index is 762. The minimum Gasteiger partial charge on any atom is -0.372 e. The van der Waals surface area contributed by atoms with Crippen LogP contribution in [0.1, 0.15) is 32.1 Å². The molecule has 3 aliphatic rings.